The Morgan fingerprint density at radius 3 is 2.41 bits per heavy atom. The highest BCUT2D eigenvalue weighted by Crippen LogP contribution is 2.24. The molecule has 27 heavy (non-hydrogen) atoms. The van der Waals surface area contributed by atoms with Gasteiger partial charge in [-0.25, -0.2) is 4.98 Å². The molecule has 0 spiro atoms. The van der Waals surface area contributed by atoms with Crippen molar-refractivity contribution in [2.24, 2.45) is 0 Å². The van der Waals surface area contributed by atoms with Gasteiger partial charge in [0.15, 0.2) is 0 Å². The van der Waals surface area contributed by atoms with Crippen molar-refractivity contribution in [3.8, 4) is 17.0 Å². The molecule has 6 nitrogen and oxygen atoms in total. The van der Waals surface area contributed by atoms with Gasteiger partial charge in [-0.1, -0.05) is 6.92 Å². The zero-order chi connectivity index (χ0) is 19.1. The molecule has 0 unspecified atom stereocenters. The summed E-state index contributed by atoms with van der Waals surface area (Å²) < 4.78 is 5.49. The van der Waals surface area contributed by atoms with E-state index in [1.807, 2.05) is 49.4 Å². The van der Waals surface area contributed by atoms with E-state index in [-0.39, 0.29) is 6.04 Å². The summed E-state index contributed by atoms with van der Waals surface area (Å²) in [5, 5.41) is 6.71. The highest BCUT2D eigenvalue weighted by Gasteiger charge is 2.09. The molecule has 0 aliphatic carbocycles. The summed E-state index contributed by atoms with van der Waals surface area (Å²) >= 11 is 0. The van der Waals surface area contributed by atoms with Crippen LogP contribution in [0.15, 0.2) is 54.9 Å². The first-order chi connectivity index (χ1) is 13.2. The molecular formula is C21H25N5O. The molecule has 2 N–H and O–H groups in total. The van der Waals surface area contributed by atoms with Gasteiger partial charge in [-0.05, 0) is 56.7 Å². The SMILES string of the molecule is CCOc1ccc(Nc2cc(-c3ccncc3)nc(N[C@H](C)CC)n2)cc1. The fraction of sp³-hybridized carbons (Fsp3) is 0.286. The fourth-order valence-electron chi connectivity index (χ4n) is 2.52. The second-order valence-corrected chi connectivity index (χ2v) is 6.23. The average molecular weight is 363 g/mol. The van der Waals surface area contributed by atoms with Crippen LogP contribution < -0.4 is 15.4 Å². The Kier molecular flexibility index (Phi) is 6.20. The standard InChI is InChI=1S/C21H25N5O/c1-4-15(3)23-21-25-19(16-10-12-22-13-11-16)14-20(26-21)24-17-6-8-18(9-7-17)27-5-2/h6-15H,4-5H2,1-3H3,(H2,23,24,25,26)/t15-/m1/s1. The molecule has 3 rings (SSSR count). The molecule has 1 atom stereocenters. The van der Waals surface area contributed by atoms with Gasteiger partial charge in [-0.3, -0.25) is 4.98 Å². The summed E-state index contributed by atoms with van der Waals surface area (Å²) in [7, 11) is 0. The fourth-order valence-corrected chi connectivity index (χ4v) is 2.52. The molecule has 0 fully saturated rings. The largest absolute Gasteiger partial charge is 0.494 e. The van der Waals surface area contributed by atoms with Gasteiger partial charge in [-0.2, -0.15) is 4.98 Å². The lowest BCUT2D eigenvalue weighted by Gasteiger charge is -2.15. The Labute approximate surface area is 160 Å². The summed E-state index contributed by atoms with van der Waals surface area (Å²) in [6.07, 6.45) is 4.52. The van der Waals surface area contributed by atoms with E-state index in [0.29, 0.717) is 12.6 Å². The minimum absolute atomic E-state index is 0.288. The zero-order valence-corrected chi connectivity index (χ0v) is 15.9. The molecule has 0 aliphatic heterocycles. The summed E-state index contributed by atoms with van der Waals surface area (Å²) in [5.74, 6) is 2.18. The molecule has 2 heterocycles. The first kappa shape index (κ1) is 18.6. The Balaban J connectivity index is 1.89. The molecule has 140 valence electrons. The predicted molar refractivity (Wildman–Crippen MR) is 110 cm³/mol. The van der Waals surface area contributed by atoms with Gasteiger partial charge in [0.25, 0.3) is 0 Å². The molecule has 0 amide bonds. The number of rotatable bonds is 8. The Morgan fingerprint density at radius 1 is 1.00 bits per heavy atom. The van der Waals surface area contributed by atoms with Crippen LogP contribution in [0.1, 0.15) is 27.2 Å². The molecule has 0 aliphatic rings. The average Bonchev–Trinajstić information content (AvgIpc) is 2.70. The number of pyridine rings is 1. The lowest BCUT2D eigenvalue weighted by Crippen LogP contribution is -2.16. The molecule has 3 aromatic rings. The second kappa shape index (κ2) is 8.98. The van der Waals surface area contributed by atoms with Crippen LogP contribution in [0, 0.1) is 0 Å². The highest BCUT2D eigenvalue weighted by molar-refractivity contribution is 5.67. The first-order valence-corrected chi connectivity index (χ1v) is 9.23. The molecule has 2 aromatic heterocycles. The van der Waals surface area contributed by atoms with E-state index in [4.69, 9.17) is 4.74 Å². The monoisotopic (exact) mass is 363 g/mol. The number of hydrogen-bond donors (Lipinski definition) is 2. The van der Waals surface area contributed by atoms with Crippen LogP contribution >= 0.6 is 0 Å². The minimum atomic E-state index is 0.288. The summed E-state index contributed by atoms with van der Waals surface area (Å²) in [6.45, 7) is 6.86. The van der Waals surface area contributed by atoms with E-state index in [1.165, 1.54) is 0 Å². The number of nitrogens with one attached hydrogen (secondary N) is 2. The number of ether oxygens (including phenoxy) is 1. The van der Waals surface area contributed by atoms with Crippen molar-refractivity contribution in [1.82, 2.24) is 15.0 Å². The highest BCUT2D eigenvalue weighted by atomic mass is 16.5. The topological polar surface area (TPSA) is 72.0 Å². The summed E-state index contributed by atoms with van der Waals surface area (Å²) in [6, 6.07) is 13.9. The van der Waals surface area contributed by atoms with Crippen molar-refractivity contribution in [1.29, 1.82) is 0 Å². The van der Waals surface area contributed by atoms with Crippen LogP contribution in [0.25, 0.3) is 11.3 Å². The third-order valence-corrected chi connectivity index (χ3v) is 4.13. The predicted octanol–water partition coefficient (Wildman–Crippen LogP) is 4.89. The van der Waals surface area contributed by atoms with Crippen LogP contribution in [0.2, 0.25) is 0 Å². The van der Waals surface area contributed by atoms with E-state index >= 15 is 0 Å². The number of hydrogen-bond acceptors (Lipinski definition) is 6. The maximum Gasteiger partial charge on any atom is 0.225 e. The Morgan fingerprint density at radius 2 is 1.74 bits per heavy atom. The molecule has 1 aromatic carbocycles. The smallest absolute Gasteiger partial charge is 0.225 e. The van der Waals surface area contributed by atoms with Gasteiger partial charge in [0.2, 0.25) is 5.95 Å². The number of nitrogens with zero attached hydrogens (tertiary/aromatic N) is 3. The first-order valence-electron chi connectivity index (χ1n) is 9.23. The molecule has 6 heteroatoms. The molecule has 0 radical (unpaired) electrons. The maximum absolute atomic E-state index is 5.49. The van der Waals surface area contributed by atoms with Gasteiger partial charge >= 0.3 is 0 Å². The van der Waals surface area contributed by atoms with Crippen LogP contribution in [-0.4, -0.2) is 27.6 Å². The van der Waals surface area contributed by atoms with Crippen LogP contribution in [0.4, 0.5) is 17.5 Å². The van der Waals surface area contributed by atoms with Crippen molar-refractivity contribution in [2.45, 2.75) is 33.2 Å². The van der Waals surface area contributed by atoms with Gasteiger partial charge in [0.05, 0.1) is 12.3 Å². The van der Waals surface area contributed by atoms with Crippen molar-refractivity contribution >= 4 is 17.5 Å². The van der Waals surface area contributed by atoms with E-state index < -0.39 is 0 Å². The summed E-state index contributed by atoms with van der Waals surface area (Å²) in [4.78, 5) is 13.4. The Hall–Kier alpha value is -3.15. The zero-order valence-electron chi connectivity index (χ0n) is 15.9. The van der Waals surface area contributed by atoms with E-state index in [0.717, 1.165) is 34.9 Å². The molecular weight excluding hydrogens is 338 g/mol. The van der Waals surface area contributed by atoms with Crippen molar-refractivity contribution in [2.75, 3.05) is 17.2 Å². The van der Waals surface area contributed by atoms with Crippen LogP contribution in [0.5, 0.6) is 5.75 Å². The van der Waals surface area contributed by atoms with Gasteiger partial charge in [0, 0.05) is 35.8 Å². The number of anilines is 3. The lowest BCUT2D eigenvalue weighted by molar-refractivity contribution is 0.340. The number of aromatic nitrogens is 3. The molecule has 0 saturated carbocycles. The third kappa shape index (κ3) is 5.17. The number of benzene rings is 1. The molecule has 0 bridgehead atoms. The maximum atomic E-state index is 5.49. The third-order valence-electron chi connectivity index (χ3n) is 4.13. The summed E-state index contributed by atoms with van der Waals surface area (Å²) in [5.41, 5.74) is 2.77. The van der Waals surface area contributed by atoms with E-state index in [9.17, 15) is 0 Å². The van der Waals surface area contributed by atoms with Crippen LogP contribution in [-0.2, 0) is 0 Å². The van der Waals surface area contributed by atoms with E-state index in [1.54, 1.807) is 12.4 Å². The van der Waals surface area contributed by atoms with Crippen molar-refractivity contribution in [3.63, 3.8) is 0 Å². The quantitative estimate of drug-likeness (QED) is 0.594. The molecule has 0 saturated heterocycles. The lowest BCUT2D eigenvalue weighted by atomic mass is 10.2. The van der Waals surface area contributed by atoms with Crippen LogP contribution in [0.3, 0.4) is 0 Å². The van der Waals surface area contributed by atoms with Gasteiger partial charge in [0.1, 0.15) is 11.6 Å². The normalized spacial score (nSPS) is 11.7. The Bertz CT molecular complexity index is 852. The second-order valence-electron chi connectivity index (χ2n) is 6.23. The van der Waals surface area contributed by atoms with E-state index in [2.05, 4.69) is 39.4 Å². The van der Waals surface area contributed by atoms with Gasteiger partial charge < -0.3 is 15.4 Å². The van der Waals surface area contributed by atoms with Gasteiger partial charge in [-0.15, -0.1) is 0 Å². The van der Waals surface area contributed by atoms with Crippen molar-refractivity contribution < 1.29 is 4.74 Å². The minimum Gasteiger partial charge on any atom is -0.494 e. The van der Waals surface area contributed by atoms with Crippen molar-refractivity contribution in [3.05, 3.63) is 54.9 Å².